The van der Waals surface area contributed by atoms with Crippen molar-refractivity contribution in [2.45, 2.75) is 54.4 Å². The minimum absolute atomic E-state index is 0.437. The summed E-state index contributed by atoms with van der Waals surface area (Å²) in [5, 5.41) is 0. The lowest BCUT2D eigenvalue weighted by Crippen LogP contribution is -2.15. The van der Waals surface area contributed by atoms with Crippen LogP contribution < -0.4 is 0 Å². The average Bonchev–Trinajstić information content (AvgIpc) is 2.03. The van der Waals surface area contributed by atoms with Crippen molar-refractivity contribution in [2.24, 2.45) is 23.7 Å². The van der Waals surface area contributed by atoms with Gasteiger partial charge in [0.05, 0.1) is 0 Å². The molecule has 0 aromatic rings. The molecule has 0 aromatic heterocycles. The first-order valence-electron chi connectivity index (χ1n) is 5.86. The predicted molar refractivity (Wildman–Crippen MR) is 62.2 cm³/mol. The van der Waals surface area contributed by atoms with Gasteiger partial charge in [-0.15, -0.1) is 0 Å². The van der Waals surface area contributed by atoms with Crippen LogP contribution in [0.4, 0.5) is 0 Å². The number of carbonyl (C=O) groups excluding carboxylic acids is 1. The summed E-state index contributed by atoms with van der Waals surface area (Å²) < 4.78 is 0. The Hall–Kier alpha value is -0.330. The minimum atomic E-state index is 0.437. The molecule has 1 nitrogen and oxygen atoms in total. The van der Waals surface area contributed by atoms with Gasteiger partial charge in [-0.05, 0) is 23.7 Å². The van der Waals surface area contributed by atoms with Crippen LogP contribution in [0.25, 0.3) is 0 Å². The van der Waals surface area contributed by atoms with Crippen LogP contribution >= 0.6 is 0 Å². The highest BCUT2D eigenvalue weighted by atomic mass is 16.1. The Morgan fingerprint density at radius 1 is 0.786 bits per heavy atom. The monoisotopic (exact) mass is 198 g/mol. The summed E-state index contributed by atoms with van der Waals surface area (Å²) in [6, 6.07) is 0. The van der Waals surface area contributed by atoms with Crippen LogP contribution in [0.1, 0.15) is 54.4 Å². The van der Waals surface area contributed by atoms with Crippen LogP contribution in [0, 0.1) is 23.7 Å². The maximum Gasteiger partial charge on any atom is 0.133 e. The van der Waals surface area contributed by atoms with Crippen molar-refractivity contribution in [3.05, 3.63) is 0 Å². The molecule has 0 radical (unpaired) electrons. The van der Waals surface area contributed by atoms with Crippen LogP contribution in [-0.4, -0.2) is 5.78 Å². The maximum absolute atomic E-state index is 11.7. The van der Waals surface area contributed by atoms with E-state index >= 15 is 0 Å². The van der Waals surface area contributed by atoms with E-state index in [1.807, 2.05) is 0 Å². The van der Waals surface area contributed by atoms with Crippen molar-refractivity contribution in [3.63, 3.8) is 0 Å². The van der Waals surface area contributed by atoms with E-state index in [0.717, 1.165) is 12.8 Å². The van der Waals surface area contributed by atoms with Gasteiger partial charge in [-0.25, -0.2) is 0 Å². The molecule has 0 N–H and O–H groups in total. The molecule has 2 atom stereocenters. The van der Waals surface area contributed by atoms with E-state index in [-0.39, 0.29) is 0 Å². The highest BCUT2D eigenvalue weighted by molar-refractivity contribution is 5.78. The molecule has 14 heavy (non-hydrogen) atoms. The molecule has 0 bridgehead atoms. The molecule has 0 amide bonds. The fraction of sp³-hybridized carbons (Fsp3) is 0.923. The molecule has 0 aliphatic heterocycles. The highest BCUT2D eigenvalue weighted by Crippen LogP contribution is 2.19. The van der Waals surface area contributed by atoms with E-state index < -0.39 is 0 Å². The lowest BCUT2D eigenvalue weighted by Gasteiger charge is -2.18. The van der Waals surface area contributed by atoms with Gasteiger partial charge in [0.15, 0.2) is 0 Å². The van der Waals surface area contributed by atoms with Gasteiger partial charge in [0.2, 0.25) is 0 Å². The molecule has 1 heteroatoms. The second-order valence-corrected chi connectivity index (χ2v) is 5.39. The zero-order chi connectivity index (χ0) is 11.3. The number of hydrogen-bond acceptors (Lipinski definition) is 1. The minimum Gasteiger partial charge on any atom is -0.300 e. The van der Waals surface area contributed by atoms with E-state index in [4.69, 9.17) is 0 Å². The second-order valence-electron chi connectivity index (χ2n) is 5.39. The van der Waals surface area contributed by atoms with Gasteiger partial charge < -0.3 is 0 Å². The summed E-state index contributed by atoms with van der Waals surface area (Å²) in [7, 11) is 0. The van der Waals surface area contributed by atoms with Gasteiger partial charge in [-0.2, -0.15) is 0 Å². The molecule has 0 rings (SSSR count). The van der Waals surface area contributed by atoms with Crippen LogP contribution in [0.2, 0.25) is 0 Å². The first kappa shape index (κ1) is 13.7. The van der Waals surface area contributed by atoms with Gasteiger partial charge in [0, 0.05) is 12.8 Å². The largest absolute Gasteiger partial charge is 0.300 e. The number of carbonyl (C=O) groups is 1. The summed E-state index contributed by atoms with van der Waals surface area (Å²) in [4.78, 5) is 11.7. The molecule has 0 saturated carbocycles. The van der Waals surface area contributed by atoms with Crippen molar-refractivity contribution >= 4 is 5.78 Å². The molecule has 84 valence electrons. The Kier molecular flexibility index (Phi) is 6.06. The van der Waals surface area contributed by atoms with Crippen molar-refractivity contribution in [3.8, 4) is 0 Å². The number of rotatable bonds is 6. The third kappa shape index (κ3) is 5.41. The third-order valence-corrected chi connectivity index (χ3v) is 3.38. The lowest BCUT2D eigenvalue weighted by atomic mass is 9.87. The first-order chi connectivity index (χ1) is 6.34. The predicted octanol–water partition coefficient (Wildman–Crippen LogP) is 3.92. The lowest BCUT2D eigenvalue weighted by molar-refractivity contribution is -0.121. The standard InChI is InChI=1S/C13H26O/c1-9(2)11(5)7-13(14)8-12(6)10(3)4/h9-12H,7-8H2,1-6H3. The summed E-state index contributed by atoms with van der Waals surface area (Å²) in [5.74, 6) is 2.73. The second kappa shape index (κ2) is 6.21. The molecule has 0 aliphatic carbocycles. The van der Waals surface area contributed by atoms with Crippen LogP contribution in [0.15, 0.2) is 0 Å². The van der Waals surface area contributed by atoms with E-state index in [9.17, 15) is 4.79 Å². The number of hydrogen-bond donors (Lipinski definition) is 0. The fourth-order valence-corrected chi connectivity index (χ4v) is 1.27. The first-order valence-corrected chi connectivity index (χ1v) is 5.86. The Bertz CT molecular complexity index is 152. The Balaban J connectivity index is 3.87. The zero-order valence-corrected chi connectivity index (χ0v) is 10.6. The third-order valence-electron chi connectivity index (χ3n) is 3.38. The van der Waals surface area contributed by atoms with E-state index in [2.05, 4.69) is 41.5 Å². The molecular formula is C13H26O. The van der Waals surface area contributed by atoms with Crippen molar-refractivity contribution in [2.75, 3.05) is 0 Å². The normalized spacial score (nSPS) is 16.0. The Morgan fingerprint density at radius 3 is 1.29 bits per heavy atom. The van der Waals surface area contributed by atoms with E-state index in [1.165, 1.54) is 0 Å². The molecule has 0 aromatic carbocycles. The van der Waals surface area contributed by atoms with E-state index in [1.54, 1.807) is 0 Å². The highest BCUT2D eigenvalue weighted by Gasteiger charge is 2.16. The van der Waals surface area contributed by atoms with Gasteiger partial charge in [0.25, 0.3) is 0 Å². The summed E-state index contributed by atoms with van der Waals surface area (Å²) in [6.07, 6.45) is 1.52. The van der Waals surface area contributed by atoms with Gasteiger partial charge in [-0.3, -0.25) is 4.79 Å². The van der Waals surface area contributed by atoms with Crippen molar-refractivity contribution < 1.29 is 4.79 Å². The zero-order valence-electron chi connectivity index (χ0n) is 10.6. The van der Waals surface area contributed by atoms with Crippen LogP contribution in [-0.2, 0) is 4.79 Å². The molecule has 0 saturated heterocycles. The van der Waals surface area contributed by atoms with E-state index in [0.29, 0.717) is 29.5 Å². The van der Waals surface area contributed by atoms with Crippen LogP contribution in [0.3, 0.4) is 0 Å². The van der Waals surface area contributed by atoms with Crippen LogP contribution in [0.5, 0.6) is 0 Å². The van der Waals surface area contributed by atoms with Crippen molar-refractivity contribution in [1.82, 2.24) is 0 Å². The molecular weight excluding hydrogens is 172 g/mol. The average molecular weight is 198 g/mol. The molecule has 0 aliphatic rings. The number of ketones is 1. The Labute approximate surface area is 89.3 Å². The molecule has 0 spiro atoms. The summed E-state index contributed by atoms with van der Waals surface area (Å²) in [5.41, 5.74) is 0. The maximum atomic E-state index is 11.7. The summed E-state index contributed by atoms with van der Waals surface area (Å²) in [6.45, 7) is 13.1. The Morgan fingerprint density at radius 2 is 1.07 bits per heavy atom. The quantitative estimate of drug-likeness (QED) is 0.632. The van der Waals surface area contributed by atoms with Gasteiger partial charge in [0.1, 0.15) is 5.78 Å². The van der Waals surface area contributed by atoms with Gasteiger partial charge >= 0.3 is 0 Å². The fourth-order valence-electron chi connectivity index (χ4n) is 1.27. The smallest absolute Gasteiger partial charge is 0.133 e. The van der Waals surface area contributed by atoms with Crippen molar-refractivity contribution in [1.29, 1.82) is 0 Å². The molecule has 0 heterocycles. The number of Topliss-reactive ketones (excluding diaryl/α,β-unsaturated/α-hetero) is 1. The summed E-state index contributed by atoms with van der Waals surface area (Å²) >= 11 is 0. The SMILES string of the molecule is CC(C)C(C)CC(=O)CC(C)C(C)C. The van der Waals surface area contributed by atoms with Gasteiger partial charge in [-0.1, -0.05) is 41.5 Å². The topological polar surface area (TPSA) is 17.1 Å². The molecule has 2 unspecified atom stereocenters. The molecule has 0 fully saturated rings.